The Bertz CT molecular complexity index is 555. The van der Waals surface area contributed by atoms with E-state index >= 15 is 0 Å². The maximum absolute atomic E-state index is 12.4. The first kappa shape index (κ1) is 18.9. The average Bonchev–Trinajstić information content (AvgIpc) is 3.29. The number of aromatic nitrogens is 2. The Morgan fingerprint density at radius 2 is 2.12 bits per heavy atom. The van der Waals surface area contributed by atoms with Crippen LogP contribution in [-0.2, 0) is 9.53 Å². The van der Waals surface area contributed by atoms with E-state index in [1.165, 1.54) is 35.9 Å². The molecule has 3 rings (SSSR count). The van der Waals surface area contributed by atoms with E-state index in [-0.39, 0.29) is 12.0 Å². The van der Waals surface area contributed by atoms with E-state index in [2.05, 4.69) is 22.4 Å². The van der Waals surface area contributed by atoms with Gasteiger partial charge in [-0.05, 0) is 44.4 Å². The molecule has 8 heteroatoms. The second-order valence-electron chi connectivity index (χ2n) is 7.10. The van der Waals surface area contributed by atoms with Crippen molar-refractivity contribution in [2.24, 2.45) is 5.92 Å². The van der Waals surface area contributed by atoms with E-state index < -0.39 is 0 Å². The number of hydrogen-bond donors (Lipinski definition) is 1. The molecule has 1 saturated carbocycles. The van der Waals surface area contributed by atoms with Gasteiger partial charge in [-0.25, -0.2) is 0 Å². The molecule has 0 bridgehead atoms. The average molecular weight is 385 g/mol. The molecule has 1 amide bonds. The van der Waals surface area contributed by atoms with Gasteiger partial charge in [0.05, 0.1) is 11.9 Å². The SMILES string of the molecule is CC1CCC(N(C)C(=O)CSc2nnc(NCC3CCCO3)s2)CC1. The number of carbonyl (C=O) groups is 1. The third kappa shape index (κ3) is 5.56. The molecular weight excluding hydrogens is 356 g/mol. The molecule has 0 aromatic carbocycles. The highest BCUT2D eigenvalue weighted by molar-refractivity contribution is 8.01. The lowest BCUT2D eigenvalue weighted by atomic mass is 9.87. The lowest BCUT2D eigenvalue weighted by Crippen LogP contribution is -2.40. The second kappa shape index (κ2) is 9.19. The Labute approximate surface area is 158 Å². The minimum Gasteiger partial charge on any atom is -0.376 e. The molecule has 1 aromatic rings. The van der Waals surface area contributed by atoms with Crippen molar-refractivity contribution >= 4 is 34.1 Å². The van der Waals surface area contributed by atoms with Crippen LogP contribution in [0.4, 0.5) is 5.13 Å². The Kier molecular flexibility index (Phi) is 6.95. The van der Waals surface area contributed by atoms with Crippen LogP contribution >= 0.6 is 23.1 Å². The summed E-state index contributed by atoms with van der Waals surface area (Å²) < 4.78 is 6.43. The molecule has 0 radical (unpaired) electrons. The van der Waals surface area contributed by atoms with Crippen LogP contribution in [0.2, 0.25) is 0 Å². The van der Waals surface area contributed by atoms with E-state index in [9.17, 15) is 4.79 Å². The summed E-state index contributed by atoms with van der Waals surface area (Å²) in [5, 5.41) is 12.4. The molecule has 25 heavy (non-hydrogen) atoms. The van der Waals surface area contributed by atoms with Crippen LogP contribution in [0, 0.1) is 5.92 Å². The van der Waals surface area contributed by atoms with Crippen molar-refractivity contribution in [2.45, 2.75) is 61.9 Å². The molecule has 6 nitrogen and oxygen atoms in total. The van der Waals surface area contributed by atoms with Gasteiger partial charge in [-0.15, -0.1) is 10.2 Å². The summed E-state index contributed by atoms with van der Waals surface area (Å²) in [5.74, 6) is 1.42. The Balaban J connectivity index is 1.39. The van der Waals surface area contributed by atoms with Gasteiger partial charge in [-0.1, -0.05) is 30.0 Å². The van der Waals surface area contributed by atoms with Gasteiger partial charge >= 0.3 is 0 Å². The summed E-state index contributed by atoms with van der Waals surface area (Å²) in [6.45, 7) is 3.94. The van der Waals surface area contributed by atoms with Crippen LogP contribution < -0.4 is 5.32 Å². The first-order chi connectivity index (χ1) is 12.1. The summed E-state index contributed by atoms with van der Waals surface area (Å²) in [6, 6.07) is 0.405. The number of nitrogens with one attached hydrogen (secondary N) is 1. The normalized spacial score (nSPS) is 26.6. The highest BCUT2D eigenvalue weighted by Gasteiger charge is 2.25. The molecule has 1 aliphatic carbocycles. The molecule has 2 heterocycles. The minimum atomic E-state index is 0.189. The molecule has 1 N–H and O–H groups in total. The van der Waals surface area contributed by atoms with Gasteiger partial charge in [-0.3, -0.25) is 4.79 Å². The zero-order valence-electron chi connectivity index (χ0n) is 15.1. The van der Waals surface area contributed by atoms with Gasteiger partial charge < -0.3 is 15.0 Å². The maximum Gasteiger partial charge on any atom is 0.233 e. The molecule has 1 aromatic heterocycles. The van der Waals surface area contributed by atoms with Crippen molar-refractivity contribution in [3.63, 3.8) is 0 Å². The molecule has 2 fully saturated rings. The Hall–Kier alpha value is -0.860. The fourth-order valence-electron chi connectivity index (χ4n) is 3.40. The van der Waals surface area contributed by atoms with Crippen LogP contribution in [0.15, 0.2) is 4.34 Å². The fourth-order valence-corrected chi connectivity index (χ4v) is 5.09. The maximum atomic E-state index is 12.4. The van der Waals surface area contributed by atoms with Crippen LogP contribution in [0.1, 0.15) is 45.4 Å². The highest BCUT2D eigenvalue weighted by atomic mass is 32.2. The standard InChI is InChI=1S/C17H28N4O2S2/c1-12-5-7-13(8-6-12)21(2)15(22)11-24-17-20-19-16(25-17)18-10-14-4-3-9-23-14/h12-14H,3-11H2,1-2H3,(H,18,19). The molecule has 1 saturated heterocycles. The first-order valence-electron chi connectivity index (χ1n) is 9.19. The number of hydrogen-bond acceptors (Lipinski definition) is 7. The number of carbonyl (C=O) groups excluding carboxylic acids is 1. The van der Waals surface area contributed by atoms with E-state index in [0.29, 0.717) is 11.8 Å². The summed E-state index contributed by atoms with van der Waals surface area (Å²) in [5.41, 5.74) is 0. The smallest absolute Gasteiger partial charge is 0.233 e. The van der Waals surface area contributed by atoms with Gasteiger partial charge in [0.1, 0.15) is 0 Å². The van der Waals surface area contributed by atoms with Crippen molar-refractivity contribution in [1.82, 2.24) is 15.1 Å². The number of amides is 1. The van der Waals surface area contributed by atoms with E-state index in [0.717, 1.165) is 54.2 Å². The molecule has 0 spiro atoms. The zero-order chi connectivity index (χ0) is 17.6. The summed E-state index contributed by atoms with van der Waals surface area (Å²) in [7, 11) is 1.94. The first-order valence-corrected chi connectivity index (χ1v) is 11.0. The molecular formula is C17H28N4O2S2. The van der Waals surface area contributed by atoms with Crippen molar-refractivity contribution in [1.29, 1.82) is 0 Å². The third-order valence-corrected chi connectivity index (χ3v) is 7.16. The lowest BCUT2D eigenvalue weighted by molar-refractivity contribution is -0.129. The second-order valence-corrected chi connectivity index (χ2v) is 9.30. The van der Waals surface area contributed by atoms with Crippen LogP contribution in [0.3, 0.4) is 0 Å². The van der Waals surface area contributed by atoms with Gasteiger partial charge in [-0.2, -0.15) is 0 Å². The quantitative estimate of drug-likeness (QED) is 0.728. The summed E-state index contributed by atoms with van der Waals surface area (Å²) in [4.78, 5) is 14.4. The van der Waals surface area contributed by atoms with Crippen LogP contribution in [0.25, 0.3) is 0 Å². The monoisotopic (exact) mass is 384 g/mol. The third-order valence-electron chi connectivity index (χ3n) is 5.16. The van der Waals surface area contributed by atoms with Crippen LogP contribution in [0.5, 0.6) is 0 Å². The van der Waals surface area contributed by atoms with Crippen molar-refractivity contribution in [3.05, 3.63) is 0 Å². The number of ether oxygens (including phenoxy) is 1. The highest BCUT2D eigenvalue weighted by Crippen LogP contribution is 2.29. The predicted octanol–water partition coefficient (Wildman–Crippen LogP) is 3.26. The largest absolute Gasteiger partial charge is 0.376 e. The van der Waals surface area contributed by atoms with Gasteiger partial charge in [0.2, 0.25) is 11.0 Å². The van der Waals surface area contributed by atoms with E-state index in [1.54, 1.807) is 0 Å². The number of anilines is 1. The van der Waals surface area contributed by atoms with Crippen molar-refractivity contribution < 1.29 is 9.53 Å². The Morgan fingerprint density at radius 1 is 1.32 bits per heavy atom. The molecule has 1 atom stereocenters. The van der Waals surface area contributed by atoms with Crippen LogP contribution in [-0.4, -0.2) is 59.1 Å². The lowest BCUT2D eigenvalue weighted by Gasteiger charge is -2.33. The van der Waals surface area contributed by atoms with Gasteiger partial charge in [0.15, 0.2) is 4.34 Å². The molecule has 140 valence electrons. The fraction of sp³-hybridized carbons (Fsp3) is 0.824. The minimum absolute atomic E-state index is 0.189. The molecule has 2 aliphatic rings. The number of thioether (sulfide) groups is 1. The predicted molar refractivity (Wildman–Crippen MR) is 102 cm³/mol. The van der Waals surface area contributed by atoms with E-state index in [1.807, 2.05) is 11.9 Å². The van der Waals surface area contributed by atoms with Crippen molar-refractivity contribution in [3.8, 4) is 0 Å². The summed E-state index contributed by atoms with van der Waals surface area (Å²) >= 11 is 2.99. The van der Waals surface area contributed by atoms with Gasteiger partial charge in [0.25, 0.3) is 0 Å². The van der Waals surface area contributed by atoms with E-state index in [4.69, 9.17) is 4.74 Å². The van der Waals surface area contributed by atoms with Crippen molar-refractivity contribution in [2.75, 3.05) is 31.3 Å². The molecule has 1 unspecified atom stereocenters. The Morgan fingerprint density at radius 3 is 2.84 bits per heavy atom. The van der Waals surface area contributed by atoms with Gasteiger partial charge in [0, 0.05) is 26.2 Å². The number of rotatable bonds is 7. The number of nitrogens with zero attached hydrogens (tertiary/aromatic N) is 3. The molecule has 1 aliphatic heterocycles. The summed E-state index contributed by atoms with van der Waals surface area (Å²) in [6.07, 6.45) is 7.24. The topological polar surface area (TPSA) is 67.4 Å². The zero-order valence-corrected chi connectivity index (χ0v) is 16.7.